The number of nitrogens with zero attached hydrogens (tertiary/aromatic N) is 2. The third-order valence-electron chi connectivity index (χ3n) is 6.28. The Kier molecular flexibility index (Phi) is 7.19. The summed E-state index contributed by atoms with van der Waals surface area (Å²) in [4.78, 5) is 17.1. The minimum Gasteiger partial charge on any atom is -0.335 e. The molecule has 0 spiro atoms. The van der Waals surface area contributed by atoms with Gasteiger partial charge >= 0.3 is 6.03 Å². The molecule has 4 rings (SSSR count). The Morgan fingerprint density at radius 1 is 0.900 bits per heavy atom. The molecule has 1 atom stereocenters. The summed E-state index contributed by atoms with van der Waals surface area (Å²) in [5, 5.41) is 4.73. The largest absolute Gasteiger partial charge is 0.335 e. The van der Waals surface area contributed by atoms with Gasteiger partial charge in [0.1, 0.15) is 0 Å². The molecule has 2 aromatic carbocycles. The van der Waals surface area contributed by atoms with Gasteiger partial charge in [-0.25, -0.2) is 4.79 Å². The standard InChI is InChI=1S/C24H29Cl2N3O/c25-19-12-10-18(11-13-19)23(21-8-4-5-9-22(21)26)28-14-16-29(17-15-28)24(30)27-20-6-2-1-3-7-20/h4-5,8-13,20,23H,1-3,6-7,14-17H2,(H,27,30). The van der Waals surface area contributed by atoms with Gasteiger partial charge in [-0.05, 0) is 42.2 Å². The van der Waals surface area contributed by atoms with Crippen LogP contribution in [0.1, 0.15) is 49.3 Å². The number of hydrogen-bond acceptors (Lipinski definition) is 2. The van der Waals surface area contributed by atoms with Crippen LogP contribution in [-0.2, 0) is 0 Å². The number of halogens is 2. The van der Waals surface area contributed by atoms with E-state index in [0.29, 0.717) is 19.1 Å². The zero-order valence-corrected chi connectivity index (χ0v) is 18.7. The van der Waals surface area contributed by atoms with Crippen molar-refractivity contribution in [3.05, 3.63) is 69.7 Å². The van der Waals surface area contributed by atoms with E-state index in [1.54, 1.807) is 0 Å². The van der Waals surface area contributed by atoms with E-state index in [9.17, 15) is 4.79 Å². The molecule has 1 heterocycles. The molecule has 1 saturated carbocycles. The van der Waals surface area contributed by atoms with Crippen molar-refractivity contribution in [1.82, 2.24) is 15.1 Å². The van der Waals surface area contributed by atoms with E-state index < -0.39 is 0 Å². The van der Waals surface area contributed by atoms with E-state index in [1.165, 1.54) is 19.3 Å². The lowest BCUT2D eigenvalue weighted by Crippen LogP contribution is -2.54. The molecule has 1 aliphatic heterocycles. The van der Waals surface area contributed by atoms with Crippen molar-refractivity contribution in [2.45, 2.75) is 44.2 Å². The maximum atomic E-state index is 12.7. The van der Waals surface area contributed by atoms with Gasteiger partial charge in [0, 0.05) is 42.3 Å². The van der Waals surface area contributed by atoms with E-state index in [2.05, 4.69) is 28.4 Å². The molecule has 2 fully saturated rings. The number of hydrogen-bond donors (Lipinski definition) is 1. The maximum Gasteiger partial charge on any atom is 0.317 e. The summed E-state index contributed by atoms with van der Waals surface area (Å²) < 4.78 is 0. The van der Waals surface area contributed by atoms with E-state index in [4.69, 9.17) is 23.2 Å². The molecule has 1 N–H and O–H groups in total. The fourth-order valence-electron chi connectivity index (χ4n) is 4.63. The van der Waals surface area contributed by atoms with Gasteiger partial charge in [-0.2, -0.15) is 0 Å². The second-order valence-corrected chi connectivity index (χ2v) is 9.13. The number of carbonyl (C=O) groups is 1. The first kappa shape index (κ1) is 21.5. The zero-order valence-electron chi connectivity index (χ0n) is 17.2. The van der Waals surface area contributed by atoms with Gasteiger partial charge in [0.15, 0.2) is 0 Å². The molecule has 2 amide bonds. The van der Waals surface area contributed by atoms with E-state index in [1.807, 2.05) is 35.2 Å². The van der Waals surface area contributed by atoms with Crippen LogP contribution in [0.4, 0.5) is 4.79 Å². The second-order valence-electron chi connectivity index (χ2n) is 8.28. The van der Waals surface area contributed by atoms with Crippen molar-refractivity contribution in [2.24, 2.45) is 0 Å². The van der Waals surface area contributed by atoms with Gasteiger partial charge in [0.05, 0.1) is 6.04 Å². The molecule has 6 heteroatoms. The summed E-state index contributed by atoms with van der Waals surface area (Å²) in [6, 6.07) is 16.5. The Bertz CT molecular complexity index is 844. The monoisotopic (exact) mass is 445 g/mol. The molecule has 0 radical (unpaired) electrons. The molecular formula is C24H29Cl2N3O. The van der Waals surface area contributed by atoms with Crippen molar-refractivity contribution >= 4 is 29.2 Å². The number of piperazine rings is 1. The van der Waals surface area contributed by atoms with Crippen LogP contribution < -0.4 is 5.32 Å². The minimum atomic E-state index is 0.0412. The first-order chi connectivity index (χ1) is 14.6. The fourth-order valence-corrected chi connectivity index (χ4v) is 4.99. The summed E-state index contributed by atoms with van der Waals surface area (Å²) in [6.45, 7) is 3.04. The number of carbonyl (C=O) groups excluding carboxylic acids is 1. The Morgan fingerprint density at radius 2 is 1.57 bits per heavy atom. The van der Waals surface area contributed by atoms with Crippen LogP contribution in [0.5, 0.6) is 0 Å². The predicted molar refractivity (Wildman–Crippen MR) is 123 cm³/mol. The van der Waals surface area contributed by atoms with Crippen molar-refractivity contribution in [3.63, 3.8) is 0 Å². The Hall–Kier alpha value is -1.75. The molecule has 1 unspecified atom stereocenters. The first-order valence-electron chi connectivity index (χ1n) is 10.9. The van der Waals surface area contributed by atoms with Crippen molar-refractivity contribution in [2.75, 3.05) is 26.2 Å². The highest BCUT2D eigenvalue weighted by Gasteiger charge is 2.30. The lowest BCUT2D eigenvalue weighted by atomic mass is 9.95. The lowest BCUT2D eigenvalue weighted by Gasteiger charge is -2.40. The lowest BCUT2D eigenvalue weighted by molar-refractivity contribution is 0.118. The molecular weight excluding hydrogens is 417 g/mol. The van der Waals surface area contributed by atoms with Crippen molar-refractivity contribution in [3.8, 4) is 0 Å². The van der Waals surface area contributed by atoms with Crippen LogP contribution >= 0.6 is 23.2 Å². The van der Waals surface area contributed by atoms with Gasteiger partial charge in [0.25, 0.3) is 0 Å². The summed E-state index contributed by atoms with van der Waals surface area (Å²) in [7, 11) is 0. The first-order valence-corrected chi connectivity index (χ1v) is 11.7. The molecule has 1 aliphatic carbocycles. The van der Waals surface area contributed by atoms with Crippen LogP contribution in [0.25, 0.3) is 0 Å². The van der Waals surface area contributed by atoms with Crippen LogP contribution in [0.2, 0.25) is 10.0 Å². The number of amides is 2. The topological polar surface area (TPSA) is 35.6 Å². The average Bonchev–Trinajstić information content (AvgIpc) is 2.78. The van der Waals surface area contributed by atoms with Crippen LogP contribution in [0.3, 0.4) is 0 Å². The van der Waals surface area contributed by atoms with Crippen LogP contribution in [0, 0.1) is 0 Å². The highest BCUT2D eigenvalue weighted by atomic mass is 35.5. The average molecular weight is 446 g/mol. The number of nitrogens with one attached hydrogen (secondary N) is 1. The Labute approximate surface area is 189 Å². The molecule has 160 valence electrons. The fraction of sp³-hybridized carbons (Fsp3) is 0.458. The molecule has 4 nitrogen and oxygen atoms in total. The molecule has 1 saturated heterocycles. The van der Waals surface area contributed by atoms with Gasteiger partial charge in [-0.1, -0.05) is 72.8 Å². The summed E-state index contributed by atoms with van der Waals surface area (Å²) >= 11 is 12.7. The van der Waals surface area contributed by atoms with Gasteiger partial charge in [0.2, 0.25) is 0 Å². The van der Waals surface area contributed by atoms with E-state index in [0.717, 1.165) is 47.1 Å². The quantitative estimate of drug-likeness (QED) is 0.650. The van der Waals surface area contributed by atoms with Crippen molar-refractivity contribution < 1.29 is 4.79 Å². The third kappa shape index (κ3) is 5.11. The molecule has 2 aromatic rings. The predicted octanol–water partition coefficient (Wildman–Crippen LogP) is 5.74. The van der Waals surface area contributed by atoms with E-state index in [-0.39, 0.29) is 12.1 Å². The smallest absolute Gasteiger partial charge is 0.317 e. The van der Waals surface area contributed by atoms with Crippen LogP contribution in [0.15, 0.2) is 48.5 Å². The summed E-state index contributed by atoms with van der Waals surface area (Å²) in [5.74, 6) is 0. The number of rotatable bonds is 4. The van der Waals surface area contributed by atoms with Crippen LogP contribution in [-0.4, -0.2) is 48.1 Å². The molecule has 30 heavy (non-hydrogen) atoms. The summed E-state index contributed by atoms with van der Waals surface area (Å²) in [5.41, 5.74) is 2.24. The van der Waals surface area contributed by atoms with E-state index >= 15 is 0 Å². The highest BCUT2D eigenvalue weighted by molar-refractivity contribution is 6.31. The number of urea groups is 1. The molecule has 2 aliphatic rings. The van der Waals surface area contributed by atoms with Gasteiger partial charge in [-0.15, -0.1) is 0 Å². The van der Waals surface area contributed by atoms with Gasteiger partial charge < -0.3 is 10.2 Å². The maximum absolute atomic E-state index is 12.7. The zero-order chi connectivity index (χ0) is 20.9. The third-order valence-corrected chi connectivity index (χ3v) is 6.88. The minimum absolute atomic E-state index is 0.0412. The highest BCUT2D eigenvalue weighted by Crippen LogP contribution is 2.34. The molecule has 0 aromatic heterocycles. The Balaban J connectivity index is 1.46. The summed E-state index contributed by atoms with van der Waals surface area (Å²) in [6.07, 6.45) is 5.95. The molecule has 0 bridgehead atoms. The van der Waals surface area contributed by atoms with Gasteiger partial charge in [-0.3, -0.25) is 4.90 Å². The van der Waals surface area contributed by atoms with Crippen molar-refractivity contribution in [1.29, 1.82) is 0 Å². The SMILES string of the molecule is O=C(NC1CCCCC1)N1CCN(C(c2ccc(Cl)cc2)c2ccccc2Cl)CC1. The Morgan fingerprint density at radius 3 is 2.23 bits per heavy atom. The normalized spacial score (nSPS) is 19.5. The number of benzene rings is 2. The second kappa shape index (κ2) is 10.0.